The van der Waals surface area contributed by atoms with Crippen molar-refractivity contribution >= 4 is 59.1 Å². The summed E-state index contributed by atoms with van der Waals surface area (Å²) in [6.07, 6.45) is 0. The van der Waals surface area contributed by atoms with Crippen molar-refractivity contribution in [2.45, 2.75) is 0 Å². The minimum atomic E-state index is -2.88. The fraction of sp³-hybridized carbons (Fsp3) is 0.200. The Hall–Kier alpha value is 0.200. The van der Waals surface area contributed by atoms with Crippen LogP contribution in [0.4, 0.5) is 0 Å². The predicted molar refractivity (Wildman–Crippen MR) is 79.7 cm³/mol. The normalized spacial score (nSPS) is 12.6. The maximum Gasteiger partial charge on any atom is 0.380 e. The van der Waals surface area contributed by atoms with Gasteiger partial charge in [-0.1, -0.05) is 34.8 Å². The fourth-order valence-corrected chi connectivity index (χ4v) is 2.62. The molecule has 0 atom stereocenters. The second kappa shape index (κ2) is 7.11. The molecule has 0 aromatic heterocycles. The predicted octanol–water partition coefficient (Wildman–Crippen LogP) is 5.06. The molecule has 8 heteroatoms. The van der Waals surface area contributed by atoms with E-state index in [1.54, 1.807) is 18.2 Å². The van der Waals surface area contributed by atoms with E-state index < -0.39 is 6.72 Å². The molecule has 0 saturated heterocycles. The molecule has 0 bridgehead atoms. The van der Waals surface area contributed by atoms with E-state index in [1.807, 2.05) is 0 Å². The summed E-state index contributed by atoms with van der Waals surface area (Å²) in [5.41, 5.74) is 1.72. The van der Waals surface area contributed by atoms with Crippen molar-refractivity contribution in [3.63, 3.8) is 0 Å². The Kier molecular flexibility index (Phi) is 6.42. The third-order valence-corrected chi connectivity index (χ3v) is 5.15. The van der Waals surface area contributed by atoms with Crippen molar-refractivity contribution in [2.75, 3.05) is 14.2 Å². The number of halogens is 3. The minimum absolute atomic E-state index is 0.246. The van der Waals surface area contributed by atoms with Gasteiger partial charge in [0.1, 0.15) is 5.76 Å². The van der Waals surface area contributed by atoms with Crippen molar-refractivity contribution in [1.29, 1.82) is 0 Å². The second-order valence-electron chi connectivity index (χ2n) is 3.00. The molecular weight excluding hydrogens is 338 g/mol. The molecule has 0 saturated carbocycles. The molecular formula is C10H10Cl3O3PS. The lowest BCUT2D eigenvalue weighted by molar-refractivity contribution is 0.262. The van der Waals surface area contributed by atoms with Gasteiger partial charge >= 0.3 is 6.72 Å². The summed E-state index contributed by atoms with van der Waals surface area (Å²) in [6.45, 7) is -2.88. The van der Waals surface area contributed by atoms with Gasteiger partial charge in [-0.3, -0.25) is 0 Å². The summed E-state index contributed by atoms with van der Waals surface area (Å²) in [6, 6.07) is 4.90. The Morgan fingerprint density at radius 1 is 1.28 bits per heavy atom. The first-order valence-corrected chi connectivity index (χ1v) is 8.37. The molecule has 0 heterocycles. The summed E-state index contributed by atoms with van der Waals surface area (Å²) in [5, 5.41) is 0.928. The highest BCUT2D eigenvalue weighted by molar-refractivity contribution is 8.07. The highest BCUT2D eigenvalue weighted by Gasteiger charge is 2.22. The van der Waals surface area contributed by atoms with Crippen LogP contribution in [0.2, 0.25) is 10.0 Å². The maximum atomic E-state index is 6.04. The number of hydrogen-bond donors (Lipinski definition) is 0. The minimum Gasteiger partial charge on any atom is -0.422 e. The first kappa shape index (κ1) is 16.3. The van der Waals surface area contributed by atoms with Gasteiger partial charge in [0.2, 0.25) is 0 Å². The van der Waals surface area contributed by atoms with E-state index in [-0.39, 0.29) is 5.76 Å². The highest BCUT2D eigenvalue weighted by Crippen LogP contribution is 2.52. The van der Waals surface area contributed by atoms with Gasteiger partial charge in [0.05, 0.1) is 5.02 Å². The van der Waals surface area contributed by atoms with Gasteiger partial charge < -0.3 is 13.6 Å². The van der Waals surface area contributed by atoms with Crippen LogP contribution in [0.15, 0.2) is 23.7 Å². The second-order valence-corrected chi connectivity index (χ2v) is 7.21. The molecule has 0 unspecified atom stereocenters. The zero-order valence-electron chi connectivity index (χ0n) is 9.52. The zero-order chi connectivity index (χ0) is 13.8. The highest BCUT2D eigenvalue weighted by atomic mass is 35.5. The van der Waals surface area contributed by atoms with Crippen LogP contribution in [0.5, 0.6) is 0 Å². The van der Waals surface area contributed by atoms with Crippen LogP contribution in [-0.2, 0) is 25.4 Å². The van der Waals surface area contributed by atoms with E-state index >= 15 is 0 Å². The van der Waals surface area contributed by atoms with Gasteiger partial charge in [-0.05, 0) is 18.2 Å². The van der Waals surface area contributed by atoms with Crippen LogP contribution in [0, 0.1) is 0 Å². The molecule has 1 rings (SSSR count). The van der Waals surface area contributed by atoms with Crippen LogP contribution in [0.3, 0.4) is 0 Å². The van der Waals surface area contributed by atoms with Crippen LogP contribution >= 0.6 is 41.5 Å². The first-order chi connectivity index (χ1) is 8.45. The lowest BCUT2D eigenvalue weighted by atomic mass is 10.2. The summed E-state index contributed by atoms with van der Waals surface area (Å²) < 4.78 is 15.5. The van der Waals surface area contributed by atoms with E-state index in [4.69, 9.17) is 60.2 Å². The number of hydrogen-bond acceptors (Lipinski definition) is 4. The molecule has 0 aliphatic rings. The maximum absolute atomic E-state index is 6.04. The van der Waals surface area contributed by atoms with Crippen molar-refractivity contribution < 1.29 is 13.6 Å². The molecule has 0 spiro atoms. The lowest BCUT2D eigenvalue weighted by Crippen LogP contribution is -1.95. The first-order valence-electron chi connectivity index (χ1n) is 4.62. The number of rotatable bonds is 5. The Morgan fingerprint density at radius 3 is 2.39 bits per heavy atom. The quantitative estimate of drug-likeness (QED) is 0.549. The molecule has 18 heavy (non-hydrogen) atoms. The topological polar surface area (TPSA) is 27.7 Å². The summed E-state index contributed by atoms with van der Waals surface area (Å²) in [5.74, 6) is 0.246. The van der Waals surface area contributed by atoms with Gasteiger partial charge in [-0.2, -0.15) is 0 Å². The molecule has 1 aromatic carbocycles. The van der Waals surface area contributed by atoms with E-state index in [0.717, 1.165) is 0 Å². The smallest absolute Gasteiger partial charge is 0.380 e. The average Bonchev–Trinajstić information content (AvgIpc) is 2.39. The molecule has 3 nitrogen and oxygen atoms in total. The van der Waals surface area contributed by atoms with Crippen LogP contribution < -0.4 is 0 Å². The van der Waals surface area contributed by atoms with Crippen molar-refractivity contribution in [3.05, 3.63) is 39.3 Å². The molecule has 1 aromatic rings. The average molecular weight is 348 g/mol. The van der Waals surface area contributed by atoms with Crippen LogP contribution in [-0.4, -0.2) is 14.2 Å². The van der Waals surface area contributed by atoms with E-state index in [0.29, 0.717) is 15.6 Å². The van der Waals surface area contributed by atoms with Crippen molar-refractivity contribution in [2.24, 2.45) is 0 Å². The van der Waals surface area contributed by atoms with Crippen molar-refractivity contribution in [3.8, 4) is 0 Å². The molecule has 0 radical (unpaired) electrons. The lowest BCUT2D eigenvalue weighted by Gasteiger charge is -2.20. The molecule has 0 aliphatic carbocycles. The molecule has 0 aliphatic heterocycles. The molecule has 0 amide bonds. The van der Waals surface area contributed by atoms with E-state index in [1.165, 1.54) is 19.8 Å². The van der Waals surface area contributed by atoms with Gasteiger partial charge in [0, 0.05) is 42.1 Å². The standard InChI is InChI=1S/C10H10Cl3O3PS/c1-14-17(18,15-2)16-10(6-11)8-5-7(12)3-4-9(8)13/h3-6H,1-2H3/b10-6+. The van der Waals surface area contributed by atoms with Gasteiger partial charge in [0.15, 0.2) is 0 Å². The van der Waals surface area contributed by atoms with E-state index in [2.05, 4.69) is 0 Å². The van der Waals surface area contributed by atoms with Gasteiger partial charge in [-0.15, -0.1) is 0 Å². The third-order valence-electron chi connectivity index (χ3n) is 1.95. The summed E-state index contributed by atoms with van der Waals surface area (Å²) >= 11 is 22.7. The third kappa shape index (κ3) is 4.10. The monoisotopic (exact) mass is 346 g/mol. The van der Waals surface area contributed by atoms with Crippen LogP contribution in [0.25, 0.3) is 5.76 Å². The molecule has 0 fully saturated rings. The number of benzene rings is 1. The fourth-order valence-electron chi connectivity index (χ4n) is 1.08. The van der Waals surface area contributed by atoms with Gasteiger partial charge in [0.25, 0.3) is 0 Å². The summed E-state index contributed by atoms with van der Waals surface area (Å²) in [7, 11) is 2.80. The Bertz CT molecular complexity index is 499. The zero-order valence-corrected chi connectivity index (χ0v) is 13.5. The van der Waals surface area contributed by atoms with Crippen molar-refractivity contribution in [1.82, 2.24) is 0 Å². The van der Waals surface area contributed by atoms with E-state index in [9.17, 15) is 0 Å². The Balaban J connectivity index is 3.12. The SMILES string of the molecule is COP(=S)(OC)O/C(=C/Cl)c1cc(Cl)ccc1Cl. The molecule has 100 valence electrons. The largest absolute Gasteiger partial charge is 0.422 e. The van der Waals surface area contributed by atoms with Crippen LogP contribution in [0.1, 0.15) is 5.56 Å². The Labute approximate surface area is 126 Å². The molecule has 0 N–H and O–H groups in total. The van der Waals surface area contributed by atoms with Gasteiger partial charge in [-0.25, -0.2) is 0 Å². The Morgan fingerprint density at radius 2 is 1.89 bits per heavy atom. The summed E-state index contributed by atoms with van der Waals surface area (Å²) in [4.78, 5) is 0.